The zero-order valence-corrected chi connectivity index (χ0v) is 13.9. The predicted octanol–water partition coefficient (Wildman–Crippen LogP) is 2.51. The summed E-state index contributed by atoms with van der Waals surface area (Å²) in [5.41, 5.74) is 0.599. The molecule has 2 heterocycles. The van der Waals surface area contributed by atoms with Crippen LogP contribution in [0.3, 0.4) is 0 Å². The van der Waals surface area contributed by atoms with Crippen molar-refractivity contribution in [3.05, 3.63) is 46.9 Å². The molecule has 0 bridgehead atoms. The standard InChI is InChI=1S/C18H19FN2O3/c1-9-5-6-14(15(22)20-9)21-16(23)10-7-12(18(2,3)4)13(19)8-11(10)17(21)24/h7-8,14H,1,5-6H2,2-4H3,(H,20,22)/t14-/m0/s1. The molecule has 0 aliphatic carbocycles. The molecule has 0 radical (unpaired) electrons. The first-order valence-electron chi connectivity index (χ1n) is 7.82. The largest absolute Gasteiger partial charge is 0.329 e. The Morgan fingerprint density at radius 2 is 1.75 bits per heavy atom. The van der Waals surface area contributed by atoms with Crippen molar-refractivity contribution in [1.29, 1.82) is 0 Å². The van der Waals surface area contributed by atoms with Crippen molar-refractivity contribution in [3.8, 4) is 0 Å². The highest BCUT2D eigenvalue weighted by molar-refractivity contribution is 6.23. The summed E-state index contributed by atoms with van der Waals surface area (Å²) in [7, 11) is 0. The zero-order chi connectivity index (χ0) is 17.8. The zero-order valence-electron chi connectivity index (χ0n) is 13.9. The van der Waals surface area contributed by atoms with E-state index in [4.69, 9.17) is 0 Å². The lowest BCUT2D eigenvalue weighted by Gasteiger charge is -2.29. The van der Waals surface area contributed by atoms with E-state index in [0.717, 1.165) is 11.0 Å². The molecule has 1 atom stereocenters. The molecule has 1 N–H and O–H groups in total. The van der Waals surface area contributed by atoms with Gasteiger partial charge in [0, 0.05) is 5.70 Å². The van der Waals surface area contributed by atoms with Gasteiger partial charge in [0.2, 0.25) is 5.91 Å². The number of hydrogen-bond donors (Lipinski definition) is 1. The number of amides is 3. The Hall–Kier alpha value is -2.50. The number of carbonyl (C=O) groups excluding carboxylic acids is 3. The summed E-state index contributed by atoms with van der Waals surface area (Å²) in [4.78, 5) is 38.4. The first-order valence-corrected chi connectivity index (χ1v) is 7.82. The van der Waals surface area contributed by atoms with Crippen molar-refractivity contribution < 1.29 is 18.8 Å². The second-order valence-corrected chi connectivity index (χ2v) is 7.26. The average Bonchev–Trinajstić information content (AvgIpc) is 2.69. The average molecular weight is 330 g/mol. The molecule has 24 heavy (non-hydrogen) atoms. The van der Waals surface area contributed by atoms with Crippen LogP contribution in [-0.4, -0.2) is 28.7 Å². The van der Waals surface area contributed by atoms with Crippen LogP contribution >= 0.6 is 0 Å². The predicted molar refractivity (Wildman–Crippen MR) is 85.9 cm³/mol. The van der Waals surface area contributed by atoms with Crippen LogP contribution in [0.15, 0.2) is 24.4 Å². The molecule has 6 heteroatoms. The number of hydrogen-bond acceptors (Lipinski definition) is 3. The molecule has 1 aromatic carbocycles. The van der Waals surface area contributed by atoms with E-state index >= 15 is 0 Å². The maximum absolute atomic E-state index is 14.4. The number of rotatable bonds is 1. The van der Waals surface area contributed by atoms with Gasteiger partial charge in [-0.05, 0) is 36.0 Å². The topological polar surface area (TPSA) is 66.5 Å². The first-order chi connectivity index (χ1) is 11.1. The van der Waals surface area contributed by atoms with Gasteiger partial charge in [-0.3, -0.25) is 19.3 Å². The van der Waals surface area contributed by atoms with Crippen LogP contribution in [0.1, 0.15) is 59.9 Å². The van der Waals surface area contributed by atoms with Gasteiger partial charge in [0.05, 0.1) is 11.1 Å². The van der Waals surface area contributed by atoms with Crippen molar-refractivity contribution in [3.63, 3.8) is 0 Å². The van der Waals surface area contributed by atoms with Crippen molar-refractivity contribution >= 4 is 17.7 Å². The number of halogens is 1. The van der Waals surface area contributed by atoms with Gasteiger partial charge in [-0.25, -0.2) is 4.39 Å². The molecule has 1 saturated heterocycles. The van der Waals surface area contributed by atoms with Gasteiger partial charge in [-0.2, -0.15) is 0 Å². The normalized spacial score (nSPS) is 21.2. The SMILES string of the molecule is C=C1CC[C@H](N2C(=O)c3cc(F)c(C(C)(C)C)cc3C2=O)C(=O)N1. The van der Waals surface area contributed by atoms with Gasteiger partial charge in [-0.15, -0.1) is 0 Å². The maximum Gasteiger partial charge on any atom is 0.262 e. The van der Waals surface area contributed by atoms with E-state index in [9.17, 15) is 18.8 Å². The summed E-state index contributed by atoms with van der Waals surface area (Å²) in [6.45, 7) is 9.17. The number of carbonyl (C=O) groups is 3. The third kappa shape index (κ3) is 2.42. The minimum absolute atomic E-state index is 0.0164. The van der Waals surface area contributed by atoms with Gasteiger partial charge in [0.15, 0.2) is 0 Å². The summed E-state index contributed by atoms with van der Waals surface area (Å²) in [5, 5.41) is 2.57. The molecule has 1 fully saturated rings. The summed E-state index contributed by atoms with van der Waals surface area (Å²) < 4.78 is 14.4. The number of piperidine rings is 1. The molecule has 0 aromatic heterocycles. The Kier molecular flexibility index (Phi) is 3.59. The number of benzene rings is 1. The highest BCUT2D eigenvalue weighted by Gasteiger charge is 2.44. The Morgan fingerprint density at radius 3 is 2.29 bits per heavy atom. The lowest BCUT2D eigenvalue weighted by molar-refractivity contribution is -0.125. The minimum Gasteiger partial charge on any atom is -0.329 e. The smallest absolute Gasteiger partial charge is 0.262 e. The number of allylic oxidation sites excluding steroid dienone is 1. The van der Waals surface area contributed by atoms with E-state index in [2.05, 4.69) is 11.9 Å². The van der Waals surface area contributed by atoms with Crippen LogP contribution < -0.4 is 5.32 Å². The molecule has 3 rings (SSSR count). The highest BCUT2D eigenvalue weighted by Crippen LogP contribution is 2.33. The van der Waals surface area contributed by atoms with E-state index in [1.54, 1.807) is 0 Å². The monoisotopic (exact) mass is 330 g/mol. The molecule has 3 amide bonds. The second kappa shape index (κ2) is 5.26. The minimum atomic E-state index is -0.885. The second-order valence-electron chi connectivity index (χ2n) is 7.26. The van der Waals surface area contributed by atoms with Gasteiger partial charge < -0.3 is 5.32 Å². The summed E-state index contributed by atoms with van der Waals surface area (Å²) in [6.07, 6.45) is 0.816. The van der Waals surface area contributed by atoms with Crippen molar-refractivity contribution in [1.82, 2.24) is 10.2 Å². The Bertz CT molecular complexity index is 792. The highest BCUT2D eigenvalue weighted by atomic mass is 19.1. The molecular weight excluding hydrogens is 311 g/mol. The molecule has 5 nitrogen and oxygen atoms in total. The van der Waals surface area contributed by atoms with Crippen LogP contribution in [-0.2, 0) is 10.2 Å². The van der Waals surface area contributed by atoms with E-state index in [1.807, 2.05) is 20.8 Å². The summed E-state index contributed by atoms with van der Waals surface area (Å²) >= 11 is 0. The first kappa shape index (κ1) is 16.4. The van der Waals surface area contributed by atoms with Gasteiger partial charge in [0.25, 0.3) is 11.8 Å². The van der Waals surface area contributed by atoms with Crippen molar-refractivity contribution in [2.45, 2.75) is 45.1 Å². The fraction of sp³-hybridized carbons (Fsp3) is 0.389. The number of imide groups is 1. The number of nitrogens with zero attached hydrogens (tertiary/aromatic N) is 1. The van der Waals surface area contributed by atoms with E-state index in [1.165, 1.54) is 6.07 Å². The van der Waals surface area contributed by atoms with E-state index in [-0.39, 0.29) is 11.1 Å². The number of nitrogens with one attached hydrogen (secondary N) is 1. The molecule has 2 aliphatic rings. The van der Waals surface area contributed by atoms with E-state index in [0.29, 0.717) is 24.1 Å². The van der Waals surface area contributed by atoms with Crippen LogP contribution in [0.5, 0.6) is 0 Å². The van der Waals surface area contributed by atoms with Crippen LogP contribution in [0, 0.1) is 5.82 Å². The molecule has 1 aromatic rings. The molecule has 0 unspecified atom stereocenters. The van der Waals surface area contributed by atoms with E-state index < -0.39 is 35.0 Å². The molecule has 2 aliphatic heterocycles. The summed E-state index contributed by atoms with van der Waals surface area (Å²) in [6, 6.07) is 1.66. The Morgan fingerprint density at radius 1 is 1.17 bits per heavy atom. The third-order valence-corrected chi connectivity index (χ3v) is 4.45. The molecule has 0 saturated carbocycles. The third-order valence-electron chi connectivity index (χ3n) is 4.45. The van der Waals surface area contributed by atoms with Crippen LogP contribution in [0.25, 0.3) is 0 Å². The van der Waals surface area contributed by atoms with Gasteiger partial charge in [-0.1, -0.05) is 27.4 Å². The van der Waals surface area contributed by atoms with Crippen LogP contribution in [0.2, 0.25) is 0 Å². The number of fused-ring (bicyclic) bond motifs is 1. The maximum atomic E-state index is 14.4. The Labute approximate surface area is 139 Å². The van der Waals surface area contributed by atoms with Crippen LogP contribution in [0.4, 0.5) is 4.39 Å². The van der Waals surface area contributed by atoms with Gasteiger partial charge >= 0.3 is 0 Å². The van der Waals surface area contributed by atoms with Crippen molar-refractivity contribution in [2.75, 3.05) is 0 Å². The fourth-order valence-corrected chi connectivity index (χ4v) is 3.15. The lowest BCUT2D eigenvalue weighted by atomic mass is 9.85. The quantitative estimate of drug-likeness (QED) is 0.805. The molecular formula is C18H19FN2O3. The Balaban J connectivity index is 2.03. The molecule has 0 spiro atoms. The fourth-order valence-electron chi connectivity index (χ4n) is 3.15. The lowest BCUT2D eigenvalue weighted by Crippen LogP contribution is -2.51. The van der Waals surface area contributed by atoms with Gasteiger partial charge in [0.1, 0.15) is 11.9 Å². The van der Waals surface area contributed by atoms with Crippen molar-refractivity contribution in [2.24, 2.45) is 0 Å². The molecule has 126 valence electrons. The summed E-state index contributed by atoms with van der Waals surface area (Å²) in [5.74, 6) is -2.13.